The van der Waals surface area contributed by atoms with Crippen LogP contribution >= 0.6 is 0 Å². The van der Waals surface area contributed by atoms with Crippen LogP contribution in [0, 0.1) is 11.6 Å². The Bertz CT molecular complexity index is 441. The van der Waals surface area contributed by atoms with Crippen molar-refractivity contribution in [3.8, 4) is 5.75 Å². The second-order valence-electron chi connectivity index (χ2n) is 4.28. The Hall–Kier alpha value is -1.16. The largest absolute Gasteiger partial charge is 0.493 e. The van der Waals surface area contributed by atoms with Crippen molar-refractivity contribution in [2.45, 2.75) is 24.8 Å². The van der Waals surface area contributed by atoms with Crippen LogP contribution in [-0.2, 0) is 12.0 Å². The maximum absolute atomic E-state index is 14.0. The minimum atomic E-state index is -0.772. The van der Waals surface area contributed by atoms with E-state index >= 15 is 0 Å². The van der Waals surface area contributed by atoms with Gasteiger partial charge in [-0.15, -0.1) is 0 Å². The van der Waals surface area contributed by atoms with Crippen molar-refractivity contribution >= 4 is 0 Å². The summed E-state index contributed by atoms with van der Waals surface area (Å²) in [6.45, 7) is 0.423. The molecule has 1 aliphatic heterocycles. The monoisotopic (exact) mass is 211 g/mol. The van der Waals surface area contributed by atoms with Crippen LogP contribution in [0.15, 0.2) is 6.07 Å². The van der Waals surface area contributed by atoms with E-state index in [0.717, 1.165) is 0 Å². The smallest absolute Gasteiger partial charge is 0.138 e. The lowest BCUT2D eigenvalue weighted by atomic mass is 9.99. The molecular weight excluding hydrogens is 200 g/mol. The topological polar surface area (TPSA) is 35.2 Å². The van der Waals surface area contributed by atoms with Gasteiger partial charge in [-0.2, -0.15) is 0 Å². The van der Waals surface area contributed by atoms with E-state index < -0.39 is 17.2 Å². The van der Waals surface area contributed by atoms with Crippen LogP contribution in [0.5, 0.6) is 5.75 Å². The lowest BCUT2D eigenvalue weighted by Crippen LogP contribution is -2.22. The van der Waals surface area contributed by atoms with E-state index in [1.54, 1.807) is 0 Å². The van der Waals surface area contributed by atoms with E-state index in [9.17, 15) is 8.78 Å². The average molecular weight is 211 g/mol. The second kappa shape index (κ2) is 2.70. The molecule has 0 unspecified atom stereocenters. The third-order valence-corrected chi connectivity index (χ3v) is 3.17. The molecule has 1 aromatic rings. The summed E-state index contributed by atoms with van der Waals surface area (Å²) in [6.07, 6.45) is 1.81. The zero-order valence-electron chi connectivity index (χ0n) is 8.15. The Balaban J connectivity index is 2.22. The number of hydrogen-bond acceptors (Lipinski definition) is 2. The molecule has 80 valence electrons. The SMILES string of the molecule is NC1(c2c(F)cc3c(c2F)CCO3)CC1. The van der Waals surface area contributed by atoms with Gasteiger partial charge < -0.3 is 10.5 Å². The molecule has 1 aromatic carbocycles. The molecule has 15 heavy (non-hydrogen) atoms. The lowest BCUT2D eigenvalue weighted by molar-refractivity contribution is 0.354. The quantitative estimate of drug-likeness (QED) is 0.769. The normalized spacial score (nSPS) is 21.0. The number of hydrogen-bond donors (Lipinski definition) is 1. The zero-order valence-corrected chi connectivity index (χ0v) is 8.15. The predicted octanol–water partition coefficient (Wildman–Crippen LogP) is 1.85. The average Bonchev–Trinajstić information content (AvgIpc) is 2.75. The Labute approximate surface area is 86.0 Å². The van der Waals surface area contributed by atoms with Gasteiger partial charge in [-0.25, -0.2) is 8.78 Å². The van der Waals surface area contributed by atoms with Crippen LogP contribution in [0.1, 0.15) is 24.0 Å². The van der Waals surface area contributed by atoms with Gasteiger partial charge in [0.15, 0.2) is 0 Å². The summed E-state index contributed by atoms with van der Waals surface area (Å²) in [5.74, 6) is -0.742. The third-order valence-electron chi connectivity index (χ3n) is 3.17. The molecule has 0 spiro atoms. The summed E-state index contributed by atoms with van der Waals surface area (Å²) in [6, 6.07) is 1.26. The van der Waals surface area contributed by atoms with E-state index in [1.165, 1.54) is 6.07 Å². The molecular formula is C11H11F2NO. The van der Waals surface area contributed by atoms with Crippen LogP contribution in [0.4, 0.5) is 8.78 Å². The van der Waals surface area contributed by atoms with E-state index in [4.69, 9.17) is 10.5 Å². The first-order valence-electron chi connectivity index (χ1n) is 5.05. The summed E-state index contributed by atoms with van der Waals surface area (Å²) in [7, 11) is 0. The Morgan fingerprint density at radius 2 is 2.07 bits per heavy atom. The molecule has 0 radical (unpaired) electrons. The number of rotatable bonds is 1. The van der Waals surface area contributed by atoms with Gasteiger partial charge in [0.2, 0.25) is 0 Å². The zero-order chi connectivity index (χ0) is 10.6. The molecule has 2 N–H and O–H groups in total. The van der Waals surface area contributed by atoms with Crippen molar-refractivity contribution in [1.82, 2.24) is 0 Å². The maximum atomic E-state index is 14.0. The number of halogens is 2. The fourth-order valence-electron chi connectivity index (χ4n) is 2.10. The van der Waals surface area contributed by atoms with Gasteiger partial charge in [0, 0.05) is 29.2 Å². The van der Waals surface area contributed by atoms with Crippen molar-refractivity contribution in [2.24, 2.45) is 5.73 Å². The van der Waals surface area contributed by atoms with Crippen molar-refractivity contribution < 1.29 is 13.5 Å². The van der Waals surface area contributed by atoms with Gasteiger partial charge in [0.1, 0.15) is 17.4 Å². The van der Waals surface area contributed by atoms with E-state index in [0.29, 0.717) is 37.2 Å². The molecule has 0 amide bonds. The Morgan fingerprint density at radius 3 is 2.73 bits per heavy atom. The molecule has 0 atom stereocenters. The third kappa shape index (κ3) is 1.17. The highest BCUT2D eigenvalue weighted by Crippen LogP contribution is 2.47. The van der Waals surface area contributed by atoms with Gasteiger partial charge in [-0.3, -0.25) is 0 Å². The van der Waals surface area contributed by atoms with Crippen LogP contribution < -0.4 is 10.5 Å². The minimum absolute atomic E-state index is 0.0479. The first kappa shape index (κ1) is 9.09. The first-order chi connectivity index (χ1) is 7.12. The highest BCUT2D eigenvalue weighted by Gasteiger charge is 2.45. The summed E-state index contributed by atoms with van der Waals surface area (Å²) >= 11 is 0. The highest BCUT2D eigenvalue weighted by atomic mass is 19.1. The molecule has 1 fully saturated rings. The summed E-state index contributed by atoms with van der Waals surface area (Å²) < 4.78 is 32.7. The van der Waals surface area contributed by atoms with Crippen molar-refractivity contribution in [2.75, 3.05) is 6.61 Å². The number of benzene rings is 1. The van der Waals surface area contributed by atoms with Gasteiger partial charge in [0.05, 0.1) is 6.61 Å². The Morgan fingerprint density at radius 1 is 1.33 bits per heavy atom. The van der Waals surface area contributed by atoms with E-state index in [2.05, 4.69) is 0 Å². The van der Waals surface area contributed by atoms with Crippen molar-refractivity contribution in [3.05, 3.63) is 28.8 Å². The van der Waals surface area contributed by atoms with Crippen LogP contribution in [0.2, 0.25) is 0 Å². The minimum Gasteiger partial charge on any atom is -0.493 e. The molecule has 2 aliphatic rings. The number of ether oxygens (including phenoxy) is 1. The van der Waals surface area contributed by atoms with Gasteiger partial charge in [-0.05, 0) is 12.8 Å². The molecule has 0 aromatic heterocycles. The standard InChI is InChI=1S/C11H11F2NO/c12-7-5-8-6(1-4-15-8)10(13)9(7)11(14)2-3-11/h5H,1-4,14H2. The summed E-state index contributed by atoms with van der Waals surface area (Å²) in [5.41, 5.74) is 5.59. The molecule has 1 heterocycles. The van der Waals surface area contributed by atoms with Crippen LogP contribution in [-0.4, -0.2) is 6.61 Å². The highest BCUT2D eigenvalue weighted by molar-refractivity contribution is 5.46. The molecule has 0 bridgehead atoms. The maximum Gasteiger partial charge on any atom is 0.138 e. The van der Waals surface area contributed by atoms with Gasteiger partial charge in [0.25, 0.3) is 0 Å². The molecule has 3 rings (SSSR count). The molecule has 0 saturated heterocycles. The second-order valence-corrected chi connectivity index (χ2v) is 4.28. The number of fused-ring (bicyclic) bond motifs is 1. The molecule has 1 saturated carbocycles. The van der Waals surface area contributed by atoms with Gasteiger partial charge in [-0.1, -0.05) is 0 Å². The molecule has 2 nitrogen and oxygen atoms in total. The number of nitrogens with two attached hydrogens (primary N) is 1. The van der Waals surface area contributed by atoms with E-state index in [-0.39, 0.29) is 5.56 Å². The van der Waals surface area contributed by atoms with Crippen LogP contribution in [0.25, 0.3) is 0 Å². The fourth-order valence-corrected chi connectivity index (χ4v) is 2.10. The predicted molar refractivity (Wildman–Crippen MR) is 50.7 cm³/mol. The van der Waals surface area contributed by atoms with Crippen molar-refractivity contribution in [3.63, 3.8) is 0 Å². The van der Waals surface area contributed by atoms with Crippen molar-refractivity contribution in [1.29, 1.82) is 0 Å². The lowest BCUT2D eigenvalue weighted by Gasteiger charge is -2.13. The van der Waals surface area contributed by atoms with Crippen LogP contribution in [0.3, 0.4) is 0 Å². The summed E-state index contributed by atoms with van der Waals surface area (Å²) in [4.78, 5) is 0. The molecule has 1 aliphatic carbocycles. The summed E-state index contributed by atoms with van der Waals surface area (Å²) in [5, 5.41) is 0. The fraction of sp³-hybridized carbons (Fsp3) is 0.455. The molecule has 4 heteroatoms. The Kier molecular flexibility index (Phi) is 1.63. The van der Waals surface area contributed by atoms with Gasteiger partial charge >= 0.3 is 0 Å². The van der Waals surface area contributed by atoms with E-state index in [1.807, 2.05) is 0 Å². The first-order valence-corrected chi connectivity index (χ1v) is 5.05.